The van der Waals surface area contributed by atoms with E-state index in [0.717, 1.165) is 11.3 Å². The summed E-state index contributed by atoms with van der Waals surface area (Å²) in [6.45, 7) is 6.05. The van der Waals surface area contributed by atoms with Gasteiger partial charge in [0.05, 0.1) is 18.3 Å². The Morgan fingerprint density at radius 2 is 2.00 bits per heavy atom. The highest BCUT2D eigenvalue weighted by Crippen LogP contribution is 2.30. The van der Waals surface area contributed by atoms with E-state index >= 15 is 0 Å². The Morgan fingerprint density at radius 1 is 1.33 bits per heavy atom. The van der Waals surface area contributed by atoms with Crippen molar-refractivity contribution in [1.82, 2.24) is 9.88 Å². The first-order valence-electron chi connectivity index (χ1n) is 7.12. The Hall–Kier alpha value is -1.36. The lowest BCUT2D eigenvalue weighted by Gasteiger charge is -2.48. The molecule has 3 rings (SSSR count). The van der Waals surface area contributed by atoms with Gasteiger partial charge in [-0.2, -0.15) is 0 Å². The summed E-state index contributed by atoms with van der Waals surface area (Å²) >= 11 is 5.88. The molecule has 1 aromatic heterocycles. The number of halogens is 1. The molecular weight excluding hydrogens is 288 g/mol. The van der Waals surface area contributed by atoms with Gasteiger partial charge in [0.2, 0.25) is 5.89 Å². The summed E-state index contributed by atoms with van der Waals surface area (Å²) in [6.07, 6.45) is 1.73. The van der Waals surface area contributed by atoms with Crippen LogP contribution in [0.15, 0.2) is 34.9 Å². The normalized spacial score (nSPS) is 18.0. The predicted molar refractivity (Wildman–Crippen MR) is 82.0 cm³/mol. The summed E-state index contributed by atoms with van der Waals surface area (Å²) in [5.74, 6) is 1.68. The average molecular weight is 307 g/mol. The second-order valence-corrected chi connectivity index (χ2v) is 6.47. The first kappa shape index (κ1) is 14.6. The van der Waals surface area contributed by atoms with Crippen molar-refractivity contribution in [2.75, 3.05) is 13.1 Å². The molecular formula is C16H19ClN2O2. The number of β-amino-alcohol motifs (C(OH)–C–C–N with tert-alkyl or cyclic N) is 1. The van der Waals surface area contributed by atoms with Crippen LogP contribution in [-0.2, 0) is 6.54 Å². The number of oxazole rings is 1. The van der Waals surface area contributed by atoms with Crippen molar-refractivity contribution in [3.8, 4) is 11.3 Å². The second kappa shape index (κ2) is 5.44. The van der Waals surface area contributed by atoms with Gasteiger partial charge >= 0.3 is 0 Å². The van der Waals surface area contributed by atoms with Gasteiger partial charge in [-0.1, -0.05) is 25.4 Å². The Bertz CT molecular complexity index is 615. The molecule has 1 saturated heterocycles. The Kier molecular flexibility index (Phi) is 3.78. The van der Waals surface area contributed by atoms with Gasteiger partial charge < -0.3 is 9.52 Å². The molecule has 0 spiro atoms. The van der Waals surface area contributed by atoms with Gasteiger partial charge in [0.1, 0.15) is 0 Å². The zero-order valence-corrected chi connectivity index (χ0v) is 13.0. The zero-order valence-electron chi connectivity index (χ0n) is 12.2. The number of hydrogen-bond acceptors (Lipinski definition) is 4. The summed E-state index contributed by atoms with van der Waals surface area (Å²) in [7, 11) is 0. The summed E-state index contributed by atoms with van der Waals surface area (Å²) in [5, 5.41) is 10.9. The molecule has 1 fully saturated rings. The topological polar surface area (TPSA) is 49.5 Å². The third kappa shape index (κ3) is 2.98. The van der Waals surface area contributed by atoms with Crippen LogP contribution in [0, 0.1) is 5.92 Å². The lowest BCUT2D eigenvalue weighted by molar-refractivity contribution is -0.132. The number of benzene rings is 1. The monoisotopic (exact) mass is 306 g/mol. The number of hydrogen-bond donors (Lipinski definition) is 1. The summed E-state index contributed by atoms with van der Waals surface area (Å²) < 4.78 is 5.77. The lowest BCUT2D eigenvalue weighted by atomic mass is 9.83. The maximum atomic E-state index is 10.2. The summed E-state index contributed by atoms with van der Waals surface area (Å²) in [6, 6.07) is 7.48. The smallest absolute Gasteiger partial charge is 0.209 e. The third-order valence-electron chi connectivity index (χ3n) is 4.11. The Balaban J connectivity index is 1.63. The van der Waals surface area contributed by atoms with E-state index in [9.17, 15) is 5.11 Å². The quantitative estimate of drug-likeness (QED) is 0.942. The highest BCUT2D eigenvalue weighted by Gasteiger charge is 2.43. The van der Waals surface area contributed by atoms with Crippen LogP contribution in [0.5, 0.6) is 0 Å². The number of aromatic nitrogens is 1. The van der Waals surface area contributed by atoms with E-state index in [1.54, 1.807) is 6.20 Å². The number of rotatable bonds is 4. The summed E-state index contributed by atoms with van der Waals surface area (Å²) in [5.41, 5.74) is 0.395. The van der Waals surface area contributed by atoms with E-state index in [2.05, 4.69) is 9.88 Å². The Labute approximate surface area is 129 Å². The molecule has 0 amide bonds. The van der Waals surface area contributed by atoms with Crippen molar-refractivity contribution in [3.63, 3.8) is 0 Å². The molecule has 1 aliphatic rings. The van der Waals surface area contributed by atoms with Crippen molar-refractivity contribution >= 4 is 11.6 Å². The van der Waals surface area contributed by atoms with Crippen LogP contribution in [0.25, 0.3) is 11.3 Å². The van der Waals surface area contributed by atoms with Crippen molar-refractivity contribution in [3.05, 3.63) is 41.4 Å². The minimum atomic E-state index is -0.564. The van der Waals surface area contributed by atoms with Crippen LogP contribution in [0.2, 0.25) is 5.02 Å². The SMILES string of the molecule is CC(C)C1(O)CN(Cc2ncc(-c3ccc(Cl)cc3)o2)C1. The van der Waals surface area contributed by atoms with Crippen LogP contribution < -0.4 is 0 Å². The van der Waals surface area contributed by atoms with E-state index in [4.69, 9.17) is 16.0 Å². The fourth-order valence-electron chi connectivity index (χ4n) is 2.53. The molecule has 2 heterocycles. The number of nitrogens with zero attached hydrogens (tertiary/aromatic N) is 2. The highest BCUT2D eigenvalue weighted by molar-refractivity contribution is 6.30. The number of aliphatic hydroxyl groups is 1. The molecule has 112 valence electrons. The molecule has 0 atom stereocenters. The highest BCUT2D eigenvalue weighted by atomic mass is 35.5. The van der Waals surface area contributed by atoms with Gasteiger partial charge in [0.25, 0.3) is 0 Å². The molecule has 1 aliphatic heterocycles. The average Bonchev–Trinajstić information content (AvgIpc) is 2.86. The van der Waals surface area contributed by atoms with Crippen LogP contribution in [0.1, 0.15) is 19.7 Å². The molecule has 2 aromatic rings. The maximum absolute atomic E-state index is 10.2. The van der Waals surface area contributed by atoms with Crippen LogP contribution in [0.3, 0.4) is 0 Å². The van der Waals surface area contributed by atoms with E-state index in [1.807, 2.05) is 38.1 Å². The lowest BCUT2D eigenvalue weighted by Crippen LogP contribution is -2.63. The summed E-state index contributed by atoms with van der Waals surface area (Å²) in [4.78, 5) is 6.44. The van der Waals surface area contributed by atoms with Crippen LogP contribution in [-0.4, -0.2) is 33.7 Å². The molecule has 1 N–H and O–H groups in total. The minimum Gasteiger partial charge on any atom is -0.439 e. The van der Waals surface area contributed by atoms with Gasteiger partial charge in [-0.25, -0.2) is 4.98 Å². The molecule has 0 unspecified atom stereocenters. The largest absolute Gasteiger partial charge is 0.439 e. The predicted octanol–water partition coefficient (Wildman–Crippen LogP) is 3.20. The van der Waals surface area contributed by atoms with Crippen molar-refractivity contribution in [2.24, 2.45) is 5.92 Å². The van der Waals surface area contributed by atoms with E-state index in [-0.39, 0.29) is 5.92 Å². The van der Waals surface area contributed by atoms with Gasteiger partial charge in [-0.15, -0.1) is 0 Å². The van der Waals surface area contributed by atoms with Gasteiger partial charge in [-0.3, -0.25) is 4.90 Å². The second-order valence-electron chi connectivity index (χ2n) is 6.03. The van der Waals surface area contributed by atoms with Gasteiger partial charge in [0.15, 0.2) is 5.76 Å². The fourth-order valence-corrected chi connectivity index (χ4v) is 2.65. The maximum Gasteiger partial charge on any atom is 0.209 e. The first-order valence-corrected chi connectivity index (χ1v) is 7.49. The van der Waals surface area contributed by atoms with Crippen molar-refractivity contribution in [1.29, 1.82) is 0 Å². The minimum absolute atomic E-state index is 0.267. The molecule has 1 aromatic carbocycles. The Morgan fingerprint density at radius 3 is 2.62 bits per heavy atom. The van der Waals surface area contributed by atoms with Gasteiger partial charge in [-0.05, 0) is 30.2 Å². The van der Waals surface area contributed by atoms with Crippen LogP contribution >= 0.6 is 11.6 Å². The molecule has 0 radical (unpaired) electrons. The van der Waals surface area contributed by atoms with E-state index in [0.29, 0.717) is 30.5 Å². The fraction of sp³-hybridized carbons (Fsp3) is 0.438. The van der Waals surface area contributed by atoms with Gasteiger partial charge in [0, 0.05) is 23.7 Å². The molecule has 0 bridgehead atoms. The molecule has 0 aliphatic carbocycles. The molecule has 0 saturated carbocycles. The van der Waals surface area contributed by atoms with Crippen molar-refractivity contribution in [2.45, 2.75) is 26.0 Å². The van der Waals surface area contributed by atoms with E-state index in [1.165, 1.54) is 0 Å². The standard InChI is InChI=1S/C16H19ClN2O2/c1-11(2)16(20)9-19(10-16)8-15-18-7-14(21-15)12-3-5-13(17)6-4-12/h3-7,11,20H,8-10H2,1-2H3. The van der Waals surface area contributed by atoms with Crippen LogP contribution in [0.4, 0.5) is 0 Å². The molecule has 4 nitrogen and oxygen atoms in total. The third-order valence-corrected chi connectivity index (χ3v) is 4.36. The zero-order chi connectivity index (χ0) is 15.0. The molecule has 21 heavy (non-hydrogen) atoms. The van der Waals surface area contributed by atoms with Crippen molar-refractivity contribution < 1.29 is 9.52 Å². The first-order chi connectivity index (χ1) is 9.96. The number of likely N-dealkylation sites (tertiary alicyclic amines) is 1. The van der Waals surface area contributed by atoms with E-state index < -0.39 is 5.60 Å². The molecule has 5 heteroatoms.